The molecule has 0 aromatic rings. The normalized spacial score (nSPS) is 7.38. The van der Waals surface area contributed by atoms with E-state index in [0.29, 0.717) is 0 Å². The Labute approximate surface area is 90.8 Å². The third kappa shape index (κ3) is 91.4. The Balaban J connectivity index is -0.0000000133. The first-order valence-electron chi connectivity index (χ1n) is 0.783. The molecule has 0 heterocycles. The molecule has 0 aromatic heterocycles. The van der Waals surface area contributed by atoms with E-state index in [1.807, 2.05) is 0 Å². The molecule has 0 fully saturated rings. The summed E-state index contributed by atoms with van der Waals surface area (Å²) in [4.78, 5) is 21.6. The van der Waals surface area contributed by atoms with E-state index in [-0.39, 0.29) is 64.5 Å². The molecule has 0 aliphatic rings. The van der Waals surface area contributed by atoms with E-state index in [0.717, 1.165) is 0 Å². The summed E-state index contributed by atoms with van der Waals surface area (Å²) in [5.41, 5.74) is 0. The van der Waals surface area contributed by atoms with Crippen LogP contribution in [0.2, 0.25) is 0 Å². The molecular weight excluding hydrogens is 232 g/mol. The molecule has 8 heavy (non-hydrogen) atoms. The zero-order valence-corrected chi connectivity index (χ0v) is 8.95. The monoisotopic (exact) mass is 235 g/mol. The summed E-state index contributed by atoms with van der Waals surface area (Å²) < 4.78 is 8.88. The zero-order chi connectivity index (χ0) is 4.50. The molecule has 51 valence electrons. The minimum atomic E-state index is -4.64. The van der Waals surface area contributed by atoms with Crippen LogP contribution in [0.25, 0.3) is 0 Å². The molecule has 3 N–H and O–H groups in total. The summed E-state index contributed by atoms with van der Waals surface area (Å²) >= 11 is 0. The Morgan fingerprint density at radius 2 is 1.25 bits per heavy atom. The van der Waals surface area contributed by atoms with Gasteiger partial charge in [0, 0.05) is 33.6 Å². The minimum Gasteiger partial charge on any atom is -1.00 e. The molecule has 0 saturated heterocycles. The van der Waals surface area contributed by atoms with Gasteiger partial charge >= 0.3 is 37.4 Å². The first-order valence-corrected chi connectivity index (χ1v) is 2.35. The second-order valence-electron chi connectivity index (χ2n) is 0.513. The second kappa shape index (κ2) is 9.12. The van der Waals surface area contributed by atoms with Crippen molar-refractivity contribution < 1.29 is 83.8 Å². The van der Waals surface area contributed by atoms with Gasteiger partial charge in [0.2, 0.25) is 0 Å². The first-order chi connectivity index (χ1) is 2.00. The Kier molecular flexibility index (Phi) is 25.6. The summed E-state index contributed by atoms with van der Waals surface area (Å²) in [5, 5.41) is 0. The quantitative estimate of drug-likeness (QED) is 0.297. The van der Waals surface area contributed by atoms with Crippen molar-refractivity contribution in [2.75, 3.05) is 0 Å². The Morgan fingerprint density at radius 1 is 1.25 bits per heavy atom. The fraction of sp³-hybridized carbons (Fsp3) is 0. The van der Waals surface area contributed by atoms with Crippen molar-refractivity contribution in [3.05, 3.63) is 0 Å². The van der Waals surface area contributed by atoms with Gasteiger partial charge in [-0.2, -0.15) is 0 Å². The fourth-order valence-electron chi connectivity index (χ4n) is 0. The van der Waals surface area contributed by atoms with Crippen molar-refractivity contribution in [3.8, 4) is 0 Å². The molecule has 0 amide bonds. The van der Waals surface area contributed by atoms with E-state index in [1.54, 1.807) is 0 Å². The van der Waals surface area contributed by atoms with Gasteiger partial charge < -0.3 is 16.1 Å². The Morgan fingerprint density at radius 3 is 1.25 bits per heavy atom. The van der Waals surface area contributed by atoms with Crippen LogP contribution in [0, 0.1) is 0 Å². The Hall–Kier alpha value is 2.12. The summed E-state index contributed by atoms with van der Waals surface area (Å²) in [6.07, 6.45) is 0. The zero-order valence-electron chi connectivity index (χ0n) is 4.89. The van der Waals surface area contributed by atoms with Gasteiger partial charge in [-0.1, -0.05) is 0 Å². The van der Waals surface area contributed by atoms with E-state index in [9.17, 15) is 0 Å². The average Bonchev–Trinajstić information content (AvgIpc) is 0.722. The maximum atomic E-state index is 8.88. The van der Waals surface area contributed by atoms with Crippen molar-refractivity contribution in [1.82, 2.24) is 0 Å². The number of phosphoric acid groups is 1. The largest absolute Gasteiger partial charge is 1.00 e. The van der Waals surface area contributed by atoms with Crippen molar-refractivity contribution in [1.29, 1.82) is 0 Å². The van der Waals surface area contributed by atoms with Crippen LogP contribution in [0.1, 0.15) is 1.43 Å². The number of hydrogen-bond donors (Lipinski definition) is 3. The van der Waals surface area contributed by atoms with Crippen LogP contribution in [0.15, 0.2) is 0 Å². The third-order valence-corrected chi connectivity index (χ3v) is 0. The van der Waals surface area contributed by atoms with Crippen LogP contribution < -0.4 is 29.6 Å². The molecule has 0 spiro atoms. The van der Waals surface area contributed by atoms with Gasteiger partial charge in [-0.15, -0.1) is 0 Å². The van der Waals surface area contributed by atoms with Gasteiger partial charge in [0.1, 0.15) is 0 Å². The maximum Gasteiger partial charge on any atom is 1.00 e. The SMILES string of the molecule is O=P(O)(O)O.[H-].[Mn].[Na+].[Ni]. The summed E-state index contributed by atoms with van der Waals surface area (Å²) in [7, 11) is -4.64. The molecule has 0 bridgehead atoms. The maximum absolute atomic E-state index is 8.88. The Bertz CT molecular complexity index is 66.7. The summed E-state index contributed by atoms with van der Waals surface area (Å²) in [6, 6.07) is 0. The predicted molar refractivity (Wildman–Crippen MR) is 15.4 cm³/mol. The molecule has 0 aromatic carbocycles. The van der Waals surface area contributed by atoms with Gasteiger partial charge in [0.25, 0.3) is 0 Å². The standard InChI is InChI=1S/Mn.Na.Ni.H3O4P.H/c;;;1-5(2,3)4;/h;;;(H3,1,2,3,4);/q;+1;;;-1. The van der Waals surface area contributed by atoms with Gasteiger partial charge in [0.05, 0.1) is 0 Å². The van der Waals surface area contributed by atoms with Crippen molar-refractivity contribution in [3.63, 3.8) is 0 Å². The first kappa shape index (κ1) is 22.5. The molecular formula is H4MnNaNiO4P. The fourth-order valence-corrected chi connectivity index (χ4v) is 0. The predicted octanol–water partition coefficient (Wildman–Crippen LogP) is -3.82. The number of hydrogen-bond acceptors (Lipinski definition) is 1. The molecule has 8 heteroatoms. The van der Waals surface area contributed by atoms with Crippen molar-refractivity contribution in [2.45, 2.75) is 0 Å². The van der Waals surface area contributed by atoms with Crippen LogP contribution in [0.5, 0.6) is 0 Å². The van der Waals surface area contributed by atoms with Crippen molar-refractivity contribution >= 4 is 7.82 Å². The number of rotatable bonds is 0. The van der Waals surface area contributed by atoms with Crippen LogP contribution >= 0.6 is 7.82 Å². The minimum absolute atomic E-state index is 0. The average molecular weight is 236 g/mol. The van der Waals surface area contributed by atoms with Crippen LogP contribution in [-0.4, -0.2) is 14.7 Å². The van der Waals surface area contributed by atoms with E-state index in [4.69, 9.17) is 19.2 Å². The van der Waals surface area contributed by atoms with E-state index in [1.165, 1.54) is 0 Å². The molecule has 0 rings (SSSR count). The van der Waals surface area contributed by atoms with Gasteiger partial charge in [-0.3, -0.25) is 0 Å². The molecule has 0 unspecified atom stereocenters. The van der Waals surface area contributed by atoms with Gasteiger partial charge in [-0.25, -0.2) is 4.57 Å². The van der Waals surface area contributed by atoms with E-state index >= 15 is 0 Å². The topological polar surface area (TPSA) is 77.8 Å². The summed E-state index contributed by atoms with van der Waals surface area (Å²) in [6.45, 7) is 0. The molecule has 0 aliphatic heterocycles. The smallest absolute Gasteiger partial charge is 1.00 e. The molecule has 0 saturated carbocycles. The second-order valence-corrected chi connectivity index (χ2v) is 1.54. The van der Waals surface area contributed by atoms with Gasteiger partial charge in [-0.05, 0) is 0 Å². The molecule has 0 atom stereocenters. The summed E-state index contributed by atoms with van der Waals surface area (Å²) in [5.74, 6) is 0. The van der Waals surface area contributed by atoms with E-state index < -0.39 is 7.82 Å². The molecule has 4 nitrogen and oxygen atoms in total. The molecule has 0 aliphatic carbocycles. The molecule has 1 radical (unpaired) electrons. The van der Waals surface area contributed by atoms with Crippen molar-refractivity contribution in [2.24, 2.45) is 0 Å². The van der Waals surface area contributed by atoms with Gasteiger partial charge in [0.15, 0.2) is 0 Å². The van der Waals surface area contributed by atoms with Crippen LogP contribution in [-0.2, 0) is 38.1 Å². The van der Waals surface area contributed by atoms with E-state index in [2.05, 4.69) is 0 Å². The van der Waals surface area contributed by atoms with Crippen LogP contribution in [0.3, 0.4) is 0 Å². The van der Waals surface area contributed by atoms with Crippen LogP contribution in [0.4, 0.5) is 0 Å². The third-order valence-electron chi connectivity index (χ3n) is 0.